The second kappa shape index (κ2) is 8.90. The van der Waals surface area contributed by atoms with E-state index in [4.69, 9.17) is 5.11 Å². The van der Waals surface area contributed by atoms with Crippen molar-refractivity contribution in [1.82, 2.24) is 18.8 Å². The Morgan fingerprint density at radius 1 is 0.900 bits per heavy atom. The third-order valence-electron chi connectivity index (χ3n) is 3.82. The fourth-order valence-corrected chi connectivity index (χ4v) is 3.21. The first-order chi connectivity index (χ1) is 14.3. The molecule has 0 radical (unpaired) electrons. The number of pyridine rings is 2. The van der Waals surface area contributed by atoms with E-state index in [1.807, 2.05) is 0 Å². The monoisotopic (exact) mass is 542 g/mol. The molecule has 1 N–H and O–H groups in total. The number of hydrogen-bond donors (Lipinski definition) is 1. The molecule has 0 unspecified atom stereocenters. The summed E-state index contributed by atoms with van der Waals surface area (Å²) in [7, 11) is 0. The highest BCUT2D eigenvalue weighted by Gasteiger charge is 2.10. The molecule has 0 saturated heterocycles. The summed E-state index contributed by atoms with van der Waals surface area (Å²) in [6, 6.07) is 5.08. The van der Waals surface area contributed by atoms with Crippen LogP contribution in [0.3, 0.4) is 0 Å². The molecule has 0 aliphatic heterocycles. The van der Waals surface area contributed by atoms with Gasteiger partial charge in [-0.2, -0.15) is 0 Å². The minimum Gasteiger partial charge on any atom is -0.390 e. The van der Waals surface area contributed by atoms with Crippen molar-refractivity contribution in [2.75, 3.05) is 0 Å². The highest BCUT2D eigenvalue weighted by molar-refractivity contribution is 9.10. The van der Waals surface area contributed by atoms with Crippen LogP contribution < -0.4 is 11.1 Å². The molecule has 4 aromatic heterocycles. The molecule has 0 bridgehead atoms. The summed E-state index contributed by atoms with van der Waals surface area (Å²) in [5.74, 6) is -1.06. The van der Waals surface area contributed by atoms with Crippen LogP contribution in [0.25, 0.3) is 11.3 Å². The quantitative estimate of drug-likeness (QED) is 0.389. The number of aliphatic hydroxyl groups excluding tert-OH is 1. The minimum atomic E-state index is -0.544. The first kappa shape index (κ1) is 21.9. The Bertz CT molecular complexity index is 1410. The molecule has 0 aliphatic rings. The van der Waals surface area contributed by atoms with E-state index in [1.165, 1.54) is 24.3 Å². The number of nitrogens with zero attached hydrogens (tertiary/aromatic N) is 4. The fraction of sp³-hybridized carbons (Fsp3) is 0.0556. The Kier molecular flexibility index (Phi) is 6.48. The smallest absolute Gasteiger partial charge is 0.273 e. The van der Waals surface area contributed by atoms with Gasteiger partial charge in [0, 0.05) is 12.4 Å². The highest BCUT2D eigenvalue weighted by Crippen LogP contribution is 2.12. The molecular weight excluding hydrogens is 534 g/mol. The molecule has 0 aliphatic carbocycles. The van der Waals surface area contributed by atoms with Gasteiger partial charge < -0.3 is 5.11 Å². The van der Waals surface area contributed by atoms with Gasteiger partial charge in [-0.15, -0.1) is 0 Å². The lowest BCUT2D eigenvalue weighted by Crippen LogP contribution is -2.18. The number of fused-ring (bicyclic) bond motifs is 2. The molecule has 0 aromatic carbocycles. The number of carbonyl (C=O) groups is 1. The van der Waals surface area contributed by atoms with Gasteiger partial charge in [-0.25, -0.2) is 18.7 Å². The van der Waals surface area contributed by atoms with Gasteiger partial charge >= 0.3 is 0 Å². The van der Waals surface area contributed by atoms with E-state index in [-0.39, 0.29) is 32.6 Å². The number of aldehydes is 1. The molecule has 4 heterocycles. The maximum atomic E-state index is 12.9. The van der Waals surface area contributed by atoms with E-state index in [9.17, 15) is 23.2 Å². The van der Waals surface area contributed by atoms with Crippen molar-refractivity contribution in [2.45, 2.75) is 6.61 Å². The largest absolute Gasteiger partial charge is 0.390 e. The van der Waals surface area contributed by atoms with Gasteiger partial charge in [0.15, 0.2) is 6.29 Å². The van der Waals surface area contributed by atoms with E-state index in [0.717, 1.165) is 21.2 Å². The van der Waals surface area contributed by atoms with Crippen molar-refractivity contribution in [3.63, 3.8) is 0 Å². The van der Waals surface area contributed by atoms with Crippen LogP contribution in [0.2, 0.25) is 0 Å². The van der Waals surface area contributed by atoms with Gasteiger partial charge in [-0.05, 0) is 56.1 Å². The van der Waals surface area contributed by atoms with Crippen LogP contribution in [-0.2, 0) is 6.61 Å². The van der Waals surface area contributed by atoms with Gasteiger partial charge in [0.05, 0.1) is 12.3 Å². The molecule has 0 fully saturated rings. The molecular formula is C18H10Br2F2N4O4. The summed E-state index contributed by atoms with van der Waals surface area (Å²) >= 11 is 5.94. The van der Waals surface area contributed by atoms with E-state index in [2.05, 4.69) is 41.8 Å². The van der Waals surface area contributed by atoms with E-state index >= 15 is 0 Å². The van der Waals surface area contributed by atoms with Crippen LogP contribution in [-0.4, -0.2) is 30.2 Å². The maximum Gasteiger partial charge on any atom is 0.273 e. The van der Waals surface area contributed by atoms with E-state index < -0.39 is 22.8 Å². The second-order valence-electron chi connectivity index (χ2n) is 5.72. The molecule has 0 atom stereocenters. The SMILES string of the molecule is O=Cc1nc2ccc(F)cn2c(=O)c1Br.O=c1c(Br)c(CO)nc2ccc(F)cn12. The summed E-state index contributed by atoms with van der Waals surface area (Å²) in [6.45, 7) is -0.344. The predicted octanol–water partition coefficient (Wildman–Crippen LogP) is 2.50. The fourth-order valence-electron chi connectivity index (χ4n) is 2.43. The van der Waals surface area contributed by atoms with Gasteiger partial charge in [-0.3, -0.25) is 23.2 Å². The summed E-state index contributed by atoms with van der Waals surface area (Å²) in [6.07, 6.45) is 2.54. The topological polar surface area (TPSA) is 106 Å². The second-order valence-corrected chi connectivity index (χ2v) is 7.31. The van der Waals surface area contributed by atoms with Crippen molar-refractivity contribution >= 4 is 49.4 Å². The summed E-state index contributed by atoms with van der Waals surface area (Å²) < 4.78 is 28.0. The Labute approximate surface area is 182 Å². The number of halogens is 4. The standard InChI is InChI=1S/C9H6BrFN2O2.C9H4BrFN2O2/c2*10-8-6(4-14)12-7-2-1-5(11)3-13(7)9(8)15/h1-3,14H,4H2;1-4H. The average molecular weight is 544 g/mol. The summed E-state index contributed by atoms with van der Waals surface area (Å²) in [5.41, 5.74) is -0.177. The van der Waals surface area contributed by atoms with Crippen LogP contribution in [0.15, 0.2) is 55.2 Å². The number of rotatable bonds is 2. The van der Waals surface area contributed by atoms with Crippen LogP contribution in [0, 0.1) is 11.6 Å². The lowest BCUT2D eigenvalue weighted by atomic mass is 10.4. The van der Waals surface area contributed by atoms with Crippen molar-refractivity contribution in [3.05, 3.63) is 89.3 Å². The molecule has 4 aromatic rings. The summed E-state index contributed by atoms with van der Waals surface area (Å²) in [4.78, 5) is 41.7. The first-order valence-electron chi connectivity index (χ1n) is 8.06. The molecule has 4 rings (SSSR count). The average Bonchev–Trinajstić information content (AvgIpc) is 2.74. The van der Waals surface area contributed by atoms with Gasteiger partial charge in [0.25, 0.3) is 11.1 Å². The molecule has 8 nitrogen and oxygen atoms in total. The van der Waals surface area contributed by atoms with Crippen LogP contribution in [0.5, 0.6) is 0 Å². The third-order valence-corrected chi connectivity index (χ3v) is 5.36. The molecule has 0 saturated carbocycles. The minimum absolute atomic E-state index is 0.00612. The van der Waals surface area contributed by atoms with Crippen molar-refractivity contribution < 1.29 is 18.7 Å². The number of hydrogen-bond acceptors (Lipinski definition) is 6. The van der Waals surface area contributed by atoms with Crippen LogP contribution in [0.4, 0.5) is 8.78 Å². The molecule has 0 amide bonds. The normalized spacial score (nSPS) is 10.7. The zero-order chi connectivity index (χ0) is 22.0. The highest BCUT2D eigenvalue weighted by atomic mass is 79.9. The van der Waals surface area contributed by atoms with Crippen molar-refractivity contribution in [1.29, 1.82) is 0 Å². The van der Waals surface area contributed by atoms with Crippen LogP contribution in [0.1, 0.15) is 16.2 Å². The summed E-state index contributed by atoms with van der Waals surface area (Å²) in [5, 5.41) is 8.94. The number of carbonyl (C=O) groups excluding carboxylic acids is 1. The van der Waals surface area contributed by atoms with Gasteiger partial charge in [0.2, 0.25) is 0 Å². The predicted molar refractivity (Wildman–Crippen MR) is 110 cm³/mol. The van der Waals surface area contributed by atoms with E-state index in [1.54, 1.807) is 0 Å². The third kappa shape index (κ3) is 4.20. The number of aromatic nitrogens is 4. The van der Waals surface area contributed by atoms with E-state index in [0.29, 0.717) is 11.9 Å². The number of aliphatic hydroxyl groups is 1. The van der Waals surface area contributed by atoms with Crippen molar-refractivity contribution in [2.24, 2.45) is 0 Å². The van der Waals surface area contributed by atoms with Gasteiger partial charge in [0.1, 0.15) is 37.6 Å². The zero-order valence-corrected chi connectivity index (χ0v) is 17.9. The molecule has 0 spiro atoms. The zero-order valence-electron chi connectivity index (χ0n) is 14.7. The Balaban J connectivity index is 0.000000171. The molecule has 154 valence electrons. The Hall–Kier alpha value is -2.83. The Morgan fingerprint density at radius 2 is 1.40 bits per heavy atom. The maximum absolute atomic E-state index is 12.9. The molecule has 12 heteroatoms. The lowest BCUT2D eigenvalue weighted by molar-refractivity contribution is 0.111. The Morgan fingerprint density at radius 3 is 1.90 bits per heavy atom. The van der Waals surface area contributed by atoms with Crippen LogP contribution >= 0.6 is 31.9 Å². The first-order valence-corrected chi connectivity index (χ1v) is 9.65. The lowest BCUT2D eigenvalue weighted by Gasteiger charge is -2.04. The van der Waals surface area contributed by atoms with Gasteiger partial charge in [-0.1, -0.05) is 0 Å². The van der Waals surface area contributed by atoms with Crippen molar-refractivity contribution in [3.8, 4) is 0 Å². The molecule has 30 heavy (non-hydrogen) atoms.